The van der Waals surface area contributed by atoms with Gasteiger partial charge in [0.2, 0.25) is 0 Å². The van der Waals surface area contributed by atoms with Gasteiger partial charge < -0.3 is 0 Å². The Morgan fingerprint density at radius 1 is 1.12 bits per heavy atom. The van der Waals surface area contributed by atoms with Crippen molar-refractivity contribution in [2.75, 3.05) is 13.1 Å². The Kier molecular flexibility index (Phi) is 5.01. The maximum atomic E-state index is 9.25. The number of aryl methyl sites for hydroxylation is 1. The molecule has 0 radical (unpaired) electrons. The Morgan fingerprint density at radius 3 is 2.06 bits per heavy atom. The minimum atomic E-state index is -0.110. The highest BCUT2D eigenvalue weighted by molar-refractivity contribution is 5.28. The number of benzene rings is 1. The molecule has 0 saturated heterocycles. The highest BCUT2D eigenvalue weighted by Gasteiger charge is 2.16. The topological polar surface area (TPSA) is 27.0 Å². The van der Waals surface area contributed by atoms with Crippen molar-refractivity contribution in [1.82, 2.24) is 4.90 Å². The first-order valence-electron chi connectivity index (χ1n) is 5.99. The van der Waals surface area contributed by atoms with E-state index in [0.29, 0.717) is 0 Å². The van der Waals surface area contributed by atoms with Crippen molar-refractivity contribution >= 4 is 0 Å². The Hall–Kier alpha value is -1.33. The maximum Gasteiger partial charge on any atom is 0.123 e. The summed E-state index contributed by atoms with van der Waals surface area (Å²) in [4.78, 5) is 2.17. The molecule has 2 nitrogen and oxygen atoms in total. The van der Waals surface area contributed by atoms with Crippen LogP contribution in [-0.2, 0) is 6.42 Å². The Balaban J connectivity index is 2.91. The zero-order valence-corrected chi connectivity index (χ0v) is 10.4. The first-order valence-corrected chi connectivity index (χ1v) is 5.99. The van der Waals surface area contributed by atoms with Crippen molar-refractivity contribution in [3.63, 3.8) is 0 Å². The molecule has 1 aromatic rings. The van der Waals surface area contributed by atoms with Crippen LogP contribution in [0, 0.1) is 11.3 Å². The summed E-state index contributed by atoms with van der Waals surface area (Å²) in [7, 11) is 0. The van der Waals surface area contributed by atoms with Gasteiger partial charge in [-0.3, -0.25) is 4.90 Å². The quantitative estimate of drug-likeness (QED) is 0.756. The van der Waals surface area contributed by atoms with Gasteiger partial charge in [-0.1, -0.05) is 45.0 Å². The molecule has 0 spiro atoms. The molecular formula is C14H20N2. The van der Waals surface area contributed by atoms with Gasteiger partial charge in [-0.15, -0.1) is 0 Å². The van der Waals surface area contributed by atoms with Crippen LogP contribution in [0.3, 0.4) is 0 Å². The summed E-state index contributed by atoms with van der Waals surface area (Å²) >= 11 is 0. The fraction of sp³-hybridized carbons (Fsp3) is 0.500. The summed E-state index contributed by atoms with van der Waals surface area (Å²) in [6.07, 6.45) is 1.04. The first kappa shape index (κ1) is 12.7. The van der Waals surface area contributed by atoms with E-state index in [4.69, 9.17) is 0 Å². The maximum absolute atomic E-state index is 9.25. The van der Waals surface area contributed by atoms with Gasteiger partial charge in [0.15, 0.2) is 0 Å². The lowest BCUT2D eigenvalue weighted by Gasteiger charge is -2.24. The molecular weight excluding hydrogens is 196 g/mol. The number of nitrogens with zero attached hydrogens (tertiary/aromatic N) is 2. The average molecular weight is 216 g/mol. The average Bonchev–Trinajstić information content (AvgIpc) is 2.36. The molecule has 0 aromatic heterocycles. The molecule has 0 saturated carbocycles. The van der Waals surface area contributed by atoms with Crippen molar-refractivity contribution in [2.45, 2.75) is 33.2 Å². The summed E-state index contributed by atoms with van der Waals surface area (Å²) in [5.74, 6) is 0. The fourth-order valence-corrected chi connectivity index (χ4v) is 1.89. The minimum Gasteiger partial charge on any atom is -0.285 e. The predicted molar refractivity (Wildman–Crippen MR) is 67.1 cm³/mol. The third-order valence-corrected chi connectivity index (χ3v) is 3.00. The molecule has 0 fully saturated rings. The second kappa shape index (κ2) is 6.30. The van der Waals surface area contributed by atoms with E-state index in [2.05, 4.69) is 56.0 Å². The van der Waals surface area contributed by atoms with Crippen molar-refractivity contribution in [3.8, 4) is 6.07 Å². The first-order chi connectivity index (χ1) is 7.76. The summed E-state index contributed by atoms with van der Waals surface area (Å²) in [5, 5.41) is 9.25. The van der Waals surface area contributed by atoms with E-state index >= 15 is 0 Å². The van der Waals surface area contributed by atoms with Crippen LogP contribution in [0.15, 0.2) is 24.3 Å². The van der Waals surface area contributed by atoms with Crippen LogP contribution < -0.4 is 0 Å². The van der Waals surface area contributed by atoms with E-state index in [1.165, 1.54) is 5.56 Å². The Bertz CT molecular complexity index is 344. The van der Waals surface area contributed by atoms with Gasteiger partial charge in [-0.25, -0.2) is 0 Å². The standard InChI is InChI=1S/C14H20N2/c1-4-12-7-9-13(10-8-12)14(11-15)16(5-2)6-3/h7-10,14H,4-6H2,1-3H3. The number of rotatable bonds is 5. The SMILES string of the molecule is CCc1ccc(C(C#N)N(CC)CC)cc1. The van der Waals surface area contributed by atoms with Gasteiger partial charge in [0.1, 0.15) is 6.04 Å². The van der Waals surface area contributed by atoms with Gasteiger partial charge in [0.05, 0.1) is 6.07 Å². The summed E-state index contributed by atoms with van der Waals surface area (Å²) < 4.78 is 0. The van der Waals surface area contributed by atoms with E-state index in [9.17, 15) is 5.26 Å². The molecule has 86 valence electrons. The van der Waals surface area contributed by atoms with E-state index in [1.807, 2.05) is 0 Å². The third-order valence-electron chi connectivity index (χ3n) is 3.00. The van der Waals surface area contributed by atoms with E-state index < -0.39 is 0 Å². The third kappa shape index (κ3) is 2.84. The molecule has 2 heteroatoms. The molecule has 0 aliphatic carbocycles. The molecule has 0 heterocycles. The molecule has 1 aromatic carbocycles. The lowest BCUT2D eigenvalue weighted by Crippen LogP contribution is -2.27. The van der Waals surface area contributed by atoms with Gasteiger partial charge in [0.25, 0.3) is 0 Å². The lowest BCUT2D eigenvalue weighted by molar-refractivity contribution is 0.262. The van der Waals surface area contributed by atoms with Crippen LogP contribution in [0.2, 0.25) is 0 Å². The molecule has 1 unspecified atom stereocenters. The van der Waals surface area contributed by atoms with E-state index in [1.54, 1.807) is 0 Å². The van der Waals surface area contributed by atoms with E-state index in [0.717, 1.165) is 25.1 Å². The number of hydrogen-bond acceptors (Lipinski definition) is 2. The van der Waals surface area contributed by atoms with Crippen LogP contribution in [0.25, 0.3) is 0 Å². The van der Waals surface area contributed by atoms with Gasteiger partial charge >= 0.3 is 0 Å². The highest BCUT2D eigenvalue weighted by Crippen LogP contribution is 2.20. The van der Waals surface area contributed by atoms with E-state index in [-0.39, 0.29) is 6.04 Å². The molecule has 0 N–H and O–H groups in total. The monoisotopic (exact) mass is 216 g/mol. The molecule has 0 amide bonds. The van der Waals surface area contributed by atoms with Crippen LogP contribution in [-0.4, -0.2) is 18.0 Å². The van der Waals surface area contributed by atoms with Crippen LogP contribution in [0.4, 0.5) is 0 Å². The number of hydrogen-bond donors (Lipinski definition) is 0. The molecule has 1 rings (SSSR count). The number of nitriles is 1. The van der Waals surface area contributed by atoms with Gasteiger partial charge in [-0.05, 0) is 30.6 Å². The second-order valence-corrected chi connectivity index (χ2v) is 3.85. The van der Waals surface area contributed by atoms with Crippen LogP contribution in [0.1, 0.15) is 37.9 Å². The predicted octanol–water partition coefficient (Wildman–Crippen LogP) is 3.16. The minimum absolute atomic E-state index is 0.110. The zero-order chi connectivity index (χ0) is 12.0. The van der Waals surface area contributed by atoms with Gasteiger partial charge in [0, 0.05) is 0 Å². The Morgan fingerprint density at radius 2 is 1.69 bits per heavy atom. The highest BCUT2D eigenvalue weighted by atomic mass is 15.1. The molecule has 16 heavy (non-hydrogen) atoms. The van der Waals surface area contributed by atoms with Crippen LogP contribution >= 0.6 is 0 Å². The summed E-state index contributed by atoms with van der Waals surface area (Å²) in [5.41, 5.74) is 2.42. The lowest BCUT2D eigenvalue weighted by atomic mass is 10.0. The fourth-order valence-electron chi connectivity index (χ4n) is 1.89. The van der Waals surface area contributed by atoms with Crippen molar-refractivity contribution < 1.29 is 0 Å². The zero-order valence-electron chi connectivity index (χ0n) is 10.4. The van der Waals surface area contributed by atoms with Crippen LogP contribution in [0.5, 0.6) is 0 Å². The summed E-state index contributed by atoms with van der Waals surface area (Å²) in [6.45, 7) is 8.14. The largest absolute Gasteiger partial charge is 0.285 e. The molecule has 0 bridgehead atoms. The molecule has 0 aliphatic heterocycles. The second-order valence-electron chi connectivity index (χ2n) is 3.85. The molecule has 0 aliphatic rings. The van der Waals surface area contributed by atoms with Crippen molar-refractivity contribution in [3.05, 3.63) is 35.4 Å². The van der Waals surface area contributed by atoms with Crippen molar-refractivity contribution in [1.29, 1.82) is 5.26 Å². The summed E-state index contributed by atoms with van der Waals surface area (Å²) in [6, 6.07) is 10.7. The smallest absolute Gasteiger partial charge is 0.123 e. The van der Waals surface area contributed by atoms with Crippen molar-refractivity contribution in [2.24, 2.45) is 0 Å². The normalized spacial score (nSPS) is 12.4. The molecule has 1 atom stereocenters. The van der Waals surface area contributed by atoms with Gasteiger partial charge in [-0.2, -0.15) is 5.26 Å². The Labute approximate surface area is 98.5 Å².